The van der Waals surface area contributed by atoms with Gasteiger partial charge in [-0.2, -0.15) is 10.2 Å². The Morgan fingerprint density at radius 1 is 1.26 bits per heavy atom. The summed E-state index contributed by atoms with van der Waals surface area (Å²) in [6.07, 6.45) is 3.29. The number of aryl methyl sites for hydroxylation is 3. The summed E-state index contributed by atoms with van der Waals surface area (Å²) in [7, 11) is 3.50. The van der Waals surface area contributed by atoms with Gasteiger partial charge in [0.25, 0.3) is 5.91 Å². The highest BCUT2D eigenvalue weighted by Crippen LogP contribution is 2.18. The van der Waals surface area contributed by atoms with Crippen molar-refractivity contribution in [1.82, 2.24) is 24.5 Å². The molecule has 0 saturated carbocycles. The average molecular weight is 388 g/mol. The van der Waals surface area contributed by atoms with Gasteiger partial charge in [0.2, 0.25) is 0 Å². The van der Waals surface area contributed by atoms with Crippen molar-refractivity contribution in [2.45, 2.75) is 27.1 Å². The summed E-state index contributed by atoms with van der Waals surface area (Å²) in [6.45, 7) is 4.62. The van der Waals surface area contributed by atoms with Crippen LogP contribution >= 0.6 is 11.6 Å². The molecule has 0 radical (unpaired) electrons. The minimum Gasteiger partial charge on any atom is -0.471 e. The summed E-state index contributed by atoms with van der Waals surface area (Å²) in [4.78, 5) is 14.2. The van der Waals surface area contributed by atoms with E-state index in [9.17, 15) is 4.79 Å². The minimum atomic E-state index is -0.197. The Morgan fingerprint density at radius 2 is 1.96 bits per heavy atom. The molecule has 0 N–H and O–H groups in total. The molecule has 2 heterocycles. The molecule has 0 unspecified atom stereocenters. The minimum absolute atomic E-state index is 0.197. The summed E-state index contributed by atoms with van der Waals surface area (Å²) >= 11 is 6.11. The molecule has 1 aromatic carbocycles. The molecule has 1 amide bonds. The molecule has 0 spiro atoms. The SMILES string of the molecule is Cc1cc(C)cc(OCn2ccc(C(=O)N(C)Cc3c(Cl)cnn3C)n2)c1. The topological polar surface area (TPSA) is 65.2 Å². The zero-order valence-corrected chi connectivity index (χ0v) is 16.6. The van der Waals surface area contributed by atoms with Gasteiger partial charge in [-0.25, -0.2) is 4.68 Å². The Kier molecular flexibility index (Phi) is 5.51. The Hall–Kier alpha value is -2.80. The van der Waals surface area contributed by atoms with Gasteiger partial charge in [0, 0.05) is 20.3 Å². The third-order valence-corrected chi connectivity index (χ3v) is 4.48. The molecule has 3 rings (SSSR count). The number of carbonyl (C=O) groups excluding carboxylic acids is 1. The summed E-state index contributed by atoms with van der Waals surface area (Å²) < 4.78 is 9.02. The number of aromatic nitrogens is 4. The van der Waals surface area contributed by atoms with Crippen LogP contribution < -0.4 is 4.74 Å². The van der Waals surface area contributed by atoms with Crippen molar-refractivity contribution in [3.8, 4) is 5.75 Å². The van der Waals surface area contributed by atoms with E-state index in [0.717, 1.165) is 22.6 Å². The van der Waals surface area contributed by atoms with Gasteiger partial charge in [-0.1, -0.05) is 17.7 Å². The highest BCUT2D eigenvalue weighted by Gasteiger charge is 2.18. The van der Waals surface area contributed by atoms with Gasteiger partial charge < -0.3 is 9.64 Å². The van der Waals surface area contributed by atoms with Crippen molar-refractivity contribution in [1.29, 1.82) is 0 Å². The van der Waals surface area contributed by atoms with Crippen molar-refractivity contribution in [2.24, 2.45) is 7.05 Å². The van der Waals surface area contributed by atoms with Crippen LogP contribution in [0.3, 0.4) is 0 Å². The van der Waals surface area contributed by atoms with Gasteiger partial charge >= 0.3 is 0 Å². The normalized spacial score (nSPS) is 10.9. The van der Waals surface area contributed by atoms with Crippen LogP contribution in [0.2, 0.25) is 5.02 Å². The van der Waals surface area contributed by atoms with E-state index in [2.05, 4.69) is 16.3 Å². The number of rotatable bonds is 6. The number of carbonyl (C=O) groups is 1. The van der Waals surface area contributed by atoms with E-state index in [4.69, 9.17) is 16.3 Å². The number of ether oxygens (including phenoxy) is 1. The number of nitrogens with zero attached hydrogens (tertiary/aromatic N) is 5. The highest BCUT2D eigenvalue weighted by molar-refractivity contribution is 6.31. The molecule has 2 aromatic heterocycles. The molecule has 7 nitrogen and oxygen atoms in total. The second-order valence-electron chi connectivity index (χ2n) is 6.56. The Morgan fingerprint density at radius 3 is 2.59 bits per heavy atom. The van der Waals surface area contributed by atoms with E-state index in [-0.39, 0.29) is 12.6 Å². The van der Waals surface area contributed by atoms with Crippen LogP contribution in [0.25, 0.3) is 0 Å². The number of amides is 1. The first-order valence-electron chi connectivity index (χ1n) is 8.50. The fourth-order valence-electron chi connectivity index (χ4n) is 2.81. The molecule has 0 atom stereocenters. The lowest BCUT2D eigenvalue weighted by Crippen LogP contribution is -2.28. The van der Waals surface area contributed by atoms with E-state index in [1.54, 1.807) is 46.8 Å². The van der Waals surface area contributed by atoms with Gasteiger partial charge in [0.05, 0.1) is 23.5 Å². The van der Waals surface area contributed by atoms with Crippen LogP contribution in [0, 0.1) is 13.8 Å². The predicted octanol–water partition coefficient (Wildman–Crippen LogP) is 3.20. The van der Waals surface area contributed by atoms with Crippen molar-refractivity contribution in [3.05, 3.63) is 64.2 Å². The molecule has 0 fully saturated rings. The first-order valence-corrected chi connectivity index (χ1v) is 8.87. The molecule has 0 aliphatic heterocycles. The van der Waals surface area contributed by atoms with E-state index in [1.807, 2.05) is 26.0 Å². The maximum absolute atomic E-state index is 12.6. The molecule has 142 valence electrons. The summed E-state index contributed by atoms with van der Waals surface area (Å²) in [6, 6.07) is 7.69. The van der Waals surface area contributed by atoms with Gasteiger partial charge in [0.1, 0.15) is 5.75 Å². The third kappa shape index (κ3) is 4.49. The zero-order chi connectivity index (χ0) is 19.6. The molecule has 0 bridgehead atoms. The standard InChI is InChI=1S/C19H22ClN5O2/c1-13-7-14(2)9-15(8-13)27-12-25-6-5-17(22-25)19(26)23(3)11-18-16(20)10-21-24(18)4/h5-10H,11-12H2,1-4H3. The second-order valence-corrected chi connectivity index (χ2v) is 6.97. The van der Waals surface area contributed by atoms with Crippen LogP contribution in [0.5, 0.6) is 5.75 Å². The van der Waals surface area contributed by atoms with Crippen molar-refractivity contribution < 1.29 is 9.53 Å². The molecule has 0 aliphatic carbocycles. The number of hydrogen-bond donors (Lipinski definition) is 0. The maximum atomic E-state index is 12.6. The van der Waals surface area contributed by atoms with Crippen LogP contribution in [0.15, 0.2) is 36.7 Å². The predicted molar refractivity (Wildman–Crippen MR) is 103 cm³/mol. The lowest BCUT2D eigenvalue weighted by Gasteiger charge is -2.16. The van der Waals surface area contributed by atoms with E-state index >= 15 is 0 Å². The zero-order valence-electron chi connectivity index (χ0n) is 15.8. The van der Waals surface area contributed by atoms with Crippen molar-refractivity contribution in [2.75, 3.05) is 7.05 Å². The Balaban J connectivity index is 1.63. The molecular weight excluding hydrogens is 366 g/mol. The average Bonchev–Trinajstić information content (AvgIpc) is 3.20. The van der Waals surface area contributed by atoms with Crippen molar-refractivity contribution in [3.63, 3.8) is 0 Å². The van der Waals surface area contributed by atoms with Gasteiger partial charge in [0.15, 0.2) is 12.4 Å². The van der Waals surface area contributed by atoms with Crippen LogP contribution in [-0.2, 0) is 20.3 Å². The van der Waals surface area contributed by atoms with E-state index in [1.165, 1.54) is 0 Å². The highest BCUT2D eigenvalue weighted by atomic mass is 35.5. The monoisotopic (exact) mass is 387 g/mol. The van der Waals surface area contributed by atoms with Crippen LogP contribution in [0.1, 0.15) is 27.3 Å². The summed E-state index contributed by atoms with van der Waals surface area (Å²) in [5.41, 5.74) is 3.39. The molecule has 3 aromatic rings. The smallest absolute Gasteiger partial charge is 0.274 e. The second kappa shape index (κ2) is 7.84. The van der Waals surface area contributed by atoms with E-state index < -0.39 is 0 Å². The Bertz CT molecular complexity index is 923. The summed E-state index contributed by atoms with van der Waals surface area (Å²) in [5, 5.41) is 8.92. The van der Waals surface area contributed by atoms with Gasteiger partial charge in [-0.15, -0.1) is 0 Å². The van der Waals surface area contributed by atoms with Crippen LogP contribution in [0.4, 0.5) is 0 Å². The Labute approximate surface area is 163 Å². The first kappa shape index (κ1) is 19.0. The van der Waals surface area contributed by atoms with Crippen LogP contribution in [-0.4, -0.2) is 37.4 Å². The fraction of sp³-hybridized carbons (Fsp3) is 0.316. The summed E-state index contributed by atoms with van der Waals surface area (Å²) in [5.74, 6) is 0.580. The lowest BCUT2D eigenvalue weighted by atomic mass is 10.1. The molecule has 27 heavy (non-hydrogen) atoms. The largest absolute Gasteiger partial charge is 0.471 e. The number of hydrogen-bond acceptors (Lipinski definition) is 4. The maximum Gasteiger partial charge on any atom is 0.274 e. The van der Waals surface area contributed by atoms with Crippen molar-refractivity contribution >= 4 is 17.5 Å². The fourth-order valence-corrected chi connectivity index (χ4v) is 3.04. The van der Waals surface area contributed by atoms with E-state index in [0.29, 0.717) is 17.3 Å². The molecule has 0 aliphatic rings. The third-order valence-electron chi connectivity index (χ3n) is 4.16. The molecule has 8 heteroatoms. The number of benzene rings is 1. The number of halogens is 1. The lowest BCUT2D eigenvalue weighted by molar-refractivity contribution is 0.0774. The molecular formula is C19H22ClN5O2. The molecule has 0 saturated heterocycles. The van der Waals surface area contributed by atoms with Gasteiger partial charge in [-0.3, -0.25) is 9.48 Å². The van der Waals surface area contributed by atoms with Gasteiger partial charge in [-0.05, 0) is 43.2 Å². The first-order chi connectivity index (χ1) is 12.8. The quantitative estimate of drug-likeness (QED) is 0.651.